The van der Waals surface area contributed by atoms with E-state index in [-0.39, 0.29) is 11.8 Å². The highest BCUT2D eigenvalue weighted by atomic mass is 16.5. The number of para-hydroxylation sites is 1. The molecule has 2 aliphatic rings. The van der Waals surface area contributed by atoms with E-state index in [1.807, 2.05) is 25.1 Å². The highest BCUT2D eigenvalue weighted by molar-refractivity contribution is 5.76. The smallest absolute Gasteiger partial charge is 0.221 e. The molecule has 28 heavy (non-hydrogen) atoms. The van der Waals surface area contributed by atoms with Crippen molar-refractivity contribution >= 4 is 11.7 Å². The van der Waals surface area contributed by atoms with E-state index in [1.54, 1.807) is 0 Å². The first-order valence-electron chi connectivity index (χ1n) is 9.93. The summed E-state index contributed by atoms with van der Waals surface area (Å²) in [5.41, 5.74) is 8.68. The van der Waals surface area contributed by atoms with Crippen molar-refractivity contribution in [1.29, 1.82) is 0 Å². The summed E-state index contributed by atoms with van der Waals surface area (Å²) in [6, 6.07) is 8.11. The Kier molecular flexibility index (Phi) is 5.43. The number of amides is 1. The third-order valence-electron chi connectivity index (χ3n) is 5.54. The number of hydrogen-bond acceptors (Lipinski definition) is 6. The van der Waals surface area contributed by atoms with Crippen molar-refractivity contribution in [3.8, 4) is 5.75 Å². The number of ether oxygens (including phenoxy) is 1. The Labute approximate surface area is 165 Å². The number of aryl methyl sites for hydroxylation is 1. The largest absolute Gasteiger partial charge is 0.487 e. The molecule has 0 bridgehead atoms. The number of carbonyl (C=O) groups is 1. The lowest BCUT2D eigenvalue weighted by Gasteiger charge is -2.31. The Morgan fingerprint density at radius 3 is 3.07 bits per heavy atom. The van der Waals surface area contributed by atoms with Crippen LogP contribution in [0.25, 0.3) is 0 Å². The van der Waals surface area contributed by atoms with Gasteiger partial charge >= 0.3 is 0 Å². The molecule has 2 aromatic rings. The third kappa shape index (κ3) is 4.09. The molecule has 0 spiro atoms. The molecule has 0 radical (unpaired) electrons. The summed E-state index contributed by atoms with van der Waals surface area (Å²) in [6.45, 7) is 5.74. The van der Waals surface area contributed by atoms with E-state index in [2.05, 4.69) is 26.3 Å². The topological polar surface area (TPSA) is 93.4 Å². The van der Waals surface area contributed by atoms with Crippen molar-refractivity contribution in [2.45, 2.75) is 32.8 Å². The Bertz CT molecular complexity index is 870. The lowest BCUT2D eigenvalue weighted by atomic mass is 9.97. The maximum atomic E-state index is 11.5. The first kappa shape index (κ1) is 18.7. The SMILES string of the molecule is Cc1nc2c(c(NCCN3CCC[C@H](C(N)=O)C3)n1)Cc1ccccc1OC2. The Morgan fingerprint density at radius 1 is 1.36 bits per heavy atom. The molecule has 3 heterocycles. The standard InChI is InChI=1S/C21H27N5O2/c1-14-24-18-13-28-19-7-3-2-5-15(19)11-17(18)21(25-14)23-8-10-26-9-4-6-16(12-26)20(22)27/h2-3,5,7,16H,4,6,8-13H2,1H3,(H2,22,27)(H,23,24,25)/t16-/m0/s1. The van der Waals surface area contributed by atoms with Crippen molar-refractivity contribution in [2.24, 2.45) is 11.7 Å². The molecule has 0 saturated carbocycles. The van der Waals surface area contributed by atoms with Crippen LogP contribution >= 0.6 is 0 Å². The van der Waals surface area contributed by atoms with Crippen LogP contribution in [-0.2, 0) is 17.8 Å². The van der Waals surface area contributed by atoms with Crippen LogP contribution in [0.3, 0.4) is 0 Å². The van der Waals surface area contributed by atoms with Gasteiger partial charge in [0.05, 0.1) is 11.6 Å². The fraction of sp³-hybridized carbons (Fsp3) is 0.476. The predicted octanol–water partition coefficient (Wildman–Crippen LogP) is 1.88. The molecular formula is C21H27N5O2. The number of hydrogen-bond donors (Lipinski definition) is 2. The average Bonchev–Trinajstić information content (AvgIpc) is 2.88. The number of likely N-dealkylation sites (tertiary alicyclic amines) is 1. The normalized spacial score (nSPS) is 19.1. The second-order valence-electron chi connectivity index (χ2n) is 7.59. The molecule has 0 unspecified atom stereocenters. The van der Waals surface area contributed by atoms with E-state index in [0.717, 1.165) is 79.7 Å². The van der Waals surface area contributed by atoms with Gasteiger partial charge in [-0.3, -0.25) is 4.79 Å². The number of nitrogens with two attached hydrogens (primary N) is 1. The zero-order chi connectivity index (χ0) is 19.5. The molecule has 148 valence electrons. The molecule has 1 aromatic carbocycles. The number of benzene rings is 1. The number of nitrogens with one attached hydrogen (secondary N) is 1. The van der Waals surface area contributed by atoms with E-state index < -0.39 is 0 Å². The minimum Gasteiger partial charge on any atom is -0.487 e. The third-order valence-corrected chi connectivity index (χ3v) is 5.54. The highest BCUT2D eigenvalue weighted by Crippen LogP contribution is 2.30. The van der Waals surface area contributed by atoms with Crippen molar-refractivity contribution in [2.75, 3.05) is 31.5 Å². The average molecular weight is 381 g/mol. The van der Waals surface area contributed by atoms with Crippen LogP contribution in [0.1, 0.15) is 35.5 Å². The molecule has 1 amide bonds. The van der Waals surface area contributed by atoms with Gasteiger partial charge in [-0.05, 0) is 37.9 Å². The Morgan fingerprint density at radius 2 is 2.21 bits per heavy atom. The lowest BCUT2D eigenvalue weighted by Crippen LogP contribution is -2.42. The molecule has 1 atom stereocenters. The number of aromatic nitrogens is 2. The summed E-state index contributed by atoms with van der Waals surface area (Å²) in [7, 11) is 0. The van der Waals surface area contributed by atoms with Gasteiger partial charge in [-0.1, -0.05) is 18.2 Å². The van der Waals surface area contributed by atoms with Gasteiger partial charge in [0.2, 0.25) is 5.91 Å². The number of piperidine rings is 1. The van der Waals surface area contributed by atoms with E-state index in [0.29, 0.717) is 6.61 Å². The molecule has 1 saturated heterocycles. The van der Waals surface area contributed by atoms with Gasteiger partial charge in [0, 0.05) is 31.6 Å². The van der Waals surface area contributed by atoms with Crippen LogP contribution in [0.5, 0.6) is 5.75 Å². The summed E-state index contributed by atoms with van der Waals surface area (Å²) >= 11 is 0. The van der Waals surface area contributed by atoms with Crippen molar-refractivity contribution in [3.63, 3.8) is 0 Å². The molecule has 3 N–H and O–H groups in total. The molecular weight excluding hydrogens is 354 g/mol. The first-order valence-corrected chi connectivity index (χ1v) is 9.93. The molecule has 1 fully saturated rings. The number of fused-ring (bicyclic) bond motifs is 2. The second kappa shape index (κ2) is 8.14. The maximum Gasteiger partial charge on any atom is 0.221 e. The molecule has 4 rings (SSSR count). The van der Waals surface area contributed by atoms with Crippen LogP contribution < -0.4 is 15.8 Å². The fourth-order valence-corrected chi connectivity index (χ4v) is 4.06. The maximum absolute atomic E-state index is 11.5. The van der Waals surface area contributed by atoms with Crippen LogP contribution in [0.15, 0.2) is 24.3 Å². The zero-order valence-corrected chi connectivity index (χ0v) is 16.3. The van der Waals surface area contributed by atoms with Gasteiger partial charge in [0.1, 0.15) is 24.0 Å². The Balaban J connectivity index is 1.46. The van der Waals surface area contributed by atoms with Gasteiger partial charge in [-0.25, -0.2) is 9.97 Å². The van der Waals surface area contributed by atoms with E-state index >= 15 is 0 Å². The van der Waals surface area contributed by atoms with Crippen LogP contribution in [0.4, 0.5) is 5.82 Å². The summed E-state index contributed by atoms with van der Waals surface area (Å²) < 4.78 is 5.95. The molecule has 1 aromatic heterocycles. The number of rotatable bonds is 5. The van der Waals surface area contributed by atoms with Crippen LogP contribution in [-0.4, -0.2) is 47.0 Å². The zero-order valence-electron chi connectivity index (χ0n) is 16.3. The summed E-state index contributed by atoms with van der Waals surface area (Å²) in [4.78, 5) is 23.0. The predicted molar refractivity (Wildman–Crippen MR) is 107 cm³/mol. The Hall–Kier alpha value is -2.67. The molecule has 7 nitrogen and oxygen atoms in total. The van der Waals surface area contributed by atoms with Crippen molar-refractivity contribution in [3.05, 3.63) is 46.9 Å². The molecule has 7 heteroatoms. The number of carbonyl (C=O) groups excluding carboxylic acids is 1. The van der Waals surface area contributed by atoms with Crippen LogP contribution in [0.2, 0.25) is 0 Å². The first-order chi connectivity index (χ1) is 13.6. The molecule has 2 aliphatic heterocycles. The minimum atomic E-state index is -0.187. The van der Waals surface area contributed by atoms with Gasteiger partial charge in [0.15, 0.2) is 0 Å². The fourth-order valence-electron chi connectivity index (χ4n) is 4.06. The summed E-state index contributed by atoms with van der Waals surface area (Å²) in [5, 5.41) is 3.50. The summed E-state index contributed by atoms with van der Waals surface area (Å²) in [5.74, 6) is 2.32. The van der Waals surface area contributed by atoms with Gasteiger partial charge in [0.25, 0.3) is 0 Å². The number of nitrogens with zero attached hydrogens (tertiary/aromatic N) is 3. The van der Waals surface area contributed by atoms with Crippen molar-refractivity contribution in [1.82, 2.24) is 14.9 Å². The number of anilines is 1. The lowest BCUT2D eigenvalue weighted by molar-refractivity contribution is -0.123. The van der Waals surface area contributed by atoms with E-state index in [9.17, 15) is 4.79 Å². The highest BCUT2D eigenvalue weighted by Gasteiger charge is 2.24. The monoisotopic (exact) mass is 381 g/mol. The second-order valence-corrected chi connectivity index (χ2v) is 7.59. The van der Waals surface area contributed by atoms with Gasteiger partial charge in [-0.2, -0.15) is 0 Å². The van der Waals surface area contributed by atoms with Crippen LogP contribution in [0, 0.1) is 12.8 Å². The number of primary amides is 1. The molecule has 0 aliphatic carbocycles. The van der Waals surface area contributed by atoms with E-state index in [1.165, 1.54) is 0 Å². The quantitative estimate of drug-likeness (QED) is 0.821. The summed E-state index contributed by atoms with van der Waals surface area (Å²) in [6.07, 6.45) is 2.67. The van der Waals surface area contributed by atoms with Gasteiger partial charge < -0.3 is 20.7 Å². The van der Waals surface area contributed by atoms with Crippen molar-refractivity contribution < 1.29 is 9.53 Å². The minimum absolute atomic E-state index is 0.0278. The van der Waals surface area contributed by atoms with E-state index in [4.69, 9.17) is 10.5 Å². The van der Waals surface area contributed by atoms with Gasteiger partial charge in [-0.15, -0.1) is 0 Å².